The number of amides is 2. The summed E-state index contributed by atoms with van der Waals surface area (Å²) in [6, 6.07) is 15.9. The van der Waals surface area contributed by atoms with Crippen LogP contribution in [0.3, 0.4) is 0 Å². The molecular weight excluding hydrogens is 324 g/mol. The van der Waals surface area contributed by atoms with Crippen molar-refractivity contribution in [2.45, 2.75) is 32.6 Å². The quantitative estimate of drug-likeness (QED) is 0.909. The number of rotatable bonds is 4. The van der Waals surface area contributed by atoms with Gasteiger partial charge in [0.15, 0.2) is 0 Å². The first kappa shape index (κ1) is 16.8. The van der Waals surface area contributed by atoms with Gasteiger partial charge >= 0.3 is 0 Å². The molecule has 2 atom stereocenters. The molecule has 0 aromatic heterocycles. The summed E-state index contributed by atoms with van der Waals surface area (Å²) in [7, 11) is 0. The number of nitrogens with zero attached hydrogens (tertiary/aromatic N) is 1. The van der Waals surface area contributed by atoms with E-state index in [9.17, 15) is 9.59 Å². The van der Waals surface area contributed by atoms with E-state index in [0.29, 0.717) is 12.3 Å². The van der Waals surface area contributed by atoms with Crippen molar-refractivity contribution in [3.05, 3.63) is 59.7 Å². The molecule has 4 heteroatoms. The molecule has 4 nitrogen and oxygen atoms in total. The highest BCUT2D eigenvalue weighted by atomic mass is 16.2. The van der Waals surface area contributed by atoms with E-state index in [4.69, 9.17) is 0 Å². The fourth-order valence-corrected chi connectivity index (χ4v) is 3.86. The van der Waals surface area contributed by atoms with Crippen molar-refractivity contribution in [1.29, 1.82) is 0 Å². The number of fused-ring (bicyclic) bond motifs is 1. The molecule has 1 fully saturated rings. The van der Waals surface area contributed by atoms with Gasteiger partial charge in [-0.1, -0.05) is 50.2 Å². The highest BCUT2D eigenvalue weighted by molar-refractivity contribution is 6.05. The first-order valence-corrected chi connectivity index (χ1v) is 9.35. The van der Waals surface area contributed by atoms with Crippen LogP contribution < -0.4 is 10.2 Å². The van der Waals surface area contributed by atoms with E-state index >= 15 is 0 Å². The summed E-state index contributed by atoms with van der Waals surface area (Å²) in [6.07, 6.45) is 1.54. The van der Waals surface area contributed by atoms with E-state index in [0.717, 1.165) is 29.9 Å². The van der Waals surface area contributed by atoms with Crippen LogP contribution in [0.4, 0.5) is 11.4 Å². The minimum absolute atomic E-state index is 0.0380. The lowest BCUT2D eigenvalue weighted by Gasteiger charge is -2.17. The zero-order valence-corrected chi connectivity index (χ0v) is 15.2. The van der Waals surface area contributed by atoms with Crippen LogP contribution in [0.2, 0.25) is 0 Å². The molecule has 0 radical (unpaired) electrons. The second-order valence-corrected chi connectivity index (χ2v) is 7.55. The molecule has 26 heavy (non-hydrogen) atoms. The maximum Gasteiger partial charge on any atom is 0.230 e. The minimum Gasteiger partial charge on any atom is -0.326 e. The molecule has 1 aliphatic carbocycles. The van der Waals surface area contributed by atoms with Crippen LogP contribution in [-0.2, 0) is 16.0 Å². The Morgan fingerprint density at radius 1 is 1.04 bits per heavy atom. The third-order valence-corrected chi connectivity index (χ3v) is 5.44. The van der Waals surface area contributed by atoms with Gasteiger partial charge in [-0.25, -0.2) is 0 Å². The Morgan fingerprint density at radius 2 is 1.77 bits per heavy atom. The first-order valence-electron chi connectivity index (χ1n) is 9.35. The smallest absolute Gasteiger partial charge is 0.230 e. The van der Waals surface area contributed by atoms with Gasteiger partial charge in [0.05, 0.1) is 11.8 Å². The van der Waals surface area contributed by atoms with E-state index in [1.165, 1.54) is 5.56 Å². The summed E-state index contributed by atoms with van der Waals surface area (Å²) in [5.41, 5.74) is 4.21. The average molecular weight is 348 g/mol. The largest absolute Gasteiger partial charge is 0.326 e. The average Bonchev–Trinajstić information content (AvgIpc) is 3.33. The zero-order chi connectivity index (χ0) is 18.3. The van der Waals surface area contributed by atoms with Gasteiger partial charge in [-0.05, 0) is 42.0 Å². The standard InChI is InChI=1S/C22H24N2O2/c1-14(2)16-8-4-5-9-19(16)23-21(25)17-13-18(17)22(26)24-12-11-15-7-3-6-10-20(15)24/h3-10,14,17-18H,11-13H2,1-2H3,(H,23,25). The van der Waals surface area contributed by atoms with Gasteiger partial charge in [-0.2, -0.15) is 0 Å². The molecule has 2 amide bonds. The number of carbonyl (C=O) groups is 2. The van der Waals surface area contributed by atoms with Crippen molar-refractivity contribution >= 4 is 23.2 Å². The molecule has 134 valence electrons. The molecule has 1 aliphatic heterocycles. The Labute approximate surface area is 154 Å². The van der Waals surface area contributed by atoms with Crippen molar-refractivity contribution in [2.75, 3.05) is 16.8 Å². The molecule has 4 rings (SSSR count). The number of carbonyl (C=O) groups excluding carboxylic acids is 2. The third-order valence-electron chi connectivity index (χ3n) is 5.44. The van der Waals surface area contributed by atoms with E-state index in [2.05, 4.69) is 25.2 Å². The first-order chi connectivity index (χ1) is 12.6. The van der Waals surface area contributed by atoms with Crippen molar-refractivity contribution in [3.63, 3.8) is 0 Å². The van der Waals surface area contributed by atoms with Gasteiger partial charge < -0.3 is 10.2 Å². The molecule has 0 saturated heterocycles. The number of benzene rings is 2. The number of hydrogen-bond donors (Lipinski definition) is 1. The molecule has 0 bridgehead atoms. The van der Waals surface area contributed by atoms with Crippen LogP contribution in [0.25, 0.3) is 0 Å². The molecule has 1 N–H and O–H groups in total. The van der Waals surface area contributed by atoms with Crippen LogP contribution in [0.15, 0.2) is 48.5 Å². The fourth-order valence-electron chi connectivity index (χ4n) is 3.86. The Morgan fingerprint density at radius 3 is 2.58 bits per heavy atom. The highest BCUT2D eigenvalue weighted by Crippen LogP contribution is 2.43. The molecule has 2 unspecified atom stereocenters. The Kier molecular flexibility index (Phi) is 4.27. The fraction of sp³-hybridized carbons (Fsp3) is 0.364. The van der Waals surface area contributed by atoms with Crippen LogP contribution >= 0.6 is 0 Å². The van der Waals surface area contributed by atoms with Gasteiger partial charge in [0, 0.05) is 17.9 Å². The number of para-hydroxylation sites is 2. The number of hydrogen-bond acceptors (Lipinski definition) is 2. The predicted molar refractivity (Wildman–Crippen MR) is 103 cm³/mol. The topological polar surface area (TPSA) is 49.4 Å². The summed E-state index contributed by atoms with van der Waals surface area (Å²) in [6.45, 7) is 4.94. The van der Waals surface area contributed by atoms with Gasteiger partial charge in [0.25, 0.3) is 0 Å². The van der Waals surface area contributed by atoms with Crippen LogP contribution in [0.1, 0.15) is 37.3 Å². The van der Waals surface area contributed by atoms with E-state index in [-0.39, 0.29) is 23.7 Å². The lowest BCUT2D eigenvalue weighted by atomic mass is 10.0. The SMILES string of the molecule is CC(C)c1ccccc1NC(=O)C1CC1C(=O)N1CCc2ccccc21. The maximum atomic E-state index is 12.9. The van der Waals surface area contributed by atoms with E-state index < -0.39 is 0 Å². The highest BCUT2D eigenvalue weighted by Gasteiger charge is 2.50. The normalized spacial score (nSPS) is 20.8. The Bertz CT molecular complexity index is 859. The number of anilines is 2. The van der Waals surface area contributed by atoms with Gasteiger partial charge in [-0.15, -0.1) is 0 Å². The van der Waals surface area contributed by atoms with E-state index in [1.807, 2.05) is 47.4 Å². The van der Waals surface area contributed by atoms with Crippen molar-refractivity contribution in [3.8, 4) is 0 Å². The molecular formula is C22H24N2O2. The van der Waals surface area contributed by atoms with Crippen LogP contribution in [-0.4, -0.2) is 18.4 Å². The predicted octanol–water partition coefficient (Wildman–Crippen LogP) is 3.97. The van der Waals surface area contributed by atoms with Gasteiger partial charge in [-0.3, -0.25) is 9.59 Å². The Balaban J connectivity index is 1.43. The van der Waals surface area contributed by atoms with Crippen molar-refractivity contribution < 1.29 is 9.59 Å². The second kappa shape index (κ2) is 6.60. The molecule has 2 aromatic carbocycles. The molecule has 2 aliphatic rings. The van der Waals surface area contributed by atoms with Crippen LogP contribution in [0.5, 0.6) is 0 Å². The van der Waals surface area contributed by atoms with Gasteiger partial charge in [0.1, 0.15) is 0 Å². The van der Waals surface area contributed by atoms with E-state index in [1.54, 1.807) is 0 Å². The maximum absolute atomic E-state index is 12.9. The summed E-state index contributed by atoms with van der Waals surface area (Å²) in [4.78, 5) is 27.4. The molecule has 1 saturated carbocycles. The summed E-state index contributed by atoms with van der Waals surface area (Å²) >= 11 is 0. The monoisotopic (exact) mass is 348 g/mol. The number of nitrogens with one attached hydrogen (secondary N) is 1. The zero-order valence-electron chi connectivity index (χ0n) is 15.2. The lowest BCUT2D eigenvalue weighted by Crippen LogP contribution is -2.32. The summed E-state index contributed by atoms with van der Waals surface area (Å²) in [5.74, 6) is -0.0109. The molecule has 1 heterocycles. The molecule has 2 aromatic rings. The summed E-state index contributed by atoms with van der Waals surface area (Å²) < 4.78 is 0. The Hall–Kier alpha value is -2.62. The lowest BCUT2D eigenvalue weighted by molar-refractivity contribution is -0.123. The van der Waals surface area contributed by atoms with Crippen molar-refractivity contribution in [2.24, 2.45) is 11.8 Å². The van der Waals surface area contributed by atoms with Gasteiger partial charge in [0.2, 0.25) is 11.8 Å². The van der Waals surface area contributed by atoms with Crippen molar-refractivity contribution in [1.82, 2.24) is 0 Å². The minimum atomic E-state index is -0.213. The second-order valence-electron chi connectivity index (χ2n) is 7.55. The van der Waals surface area contributed by atoms with Crippen LogP contribution in [0, 0.1) is 11.8 Å². The molecule has 0 spiro atoms. The third kappa shape index (κ3) is 3.00. The summed E-state index contributed by atoms with van der Waals surface area (Å²) in [5, 5.41) is 3.04.